The Kier molecular flexibility index (Phi) is 4.34. The van der Waals surface area contributed by atoms with Crippen molar-refractivity contribution in [3.63, 3.8) is 0 Å². The van der Waals surface area contributed by atoms with E-state index in [1.165, 1.54) is 11.1 Å². The van der Waals surface area contributed by atoms with Gasteiger partial charge < -0.3 is 0 Å². The monoisotopic (exact) mass is 268 g/mol. The first-order chi connectivity index (χ1) is 8.25. The van der Waals surface area contributed by atoms with Crippen LogP contribution >= 0.6 is 22.9 Å². The van der Waals surface area contributed by atoms with Crippen LogP contribution in [0.1, 0.15) is 17.7 Å². The second-order valence-electron chi connectivity index (χ2n) is 3.78. The van der Waals surface area contributed by atoms with Crippen LogP contribution < -0.4 is 5.69 Å². The molecule has 2 rings (SSSR count). The largest absolute Gasteiger partial charge is 0.347 e. The maximum absolute atomic E-state index is 11.4. The zero-order valence-electron chi connectivity index (χ0n) is 9.30. The lowest BCUT2D eigenvalue weighted by atomic mass is 10.2. The van der Waals surface area contributed by atoms with Gasteiger partial charge in [-0.15, -0.1) is 11.3 Å². The van der Waals surface area contributed by atoms with Gasteiger partial charge in [-0.2, -0.15) is 0 Å². The fraction of sp³-hybridized carbons (Fsp3) is 0.333. The van der Waals surface area contributed by atoms with E-state index in [0.717, 1.165) is 19.3 Å². The second-order valence-corrected chi connectivity index (χ2v) is 5.25. The van der Waals surface area contributed by atoms with Gasteiger partial charge in [-0.3, -0.25) is 4.57 Å². The molecule has 0 unspecified atom stereocenters. The van der Waals surface area contributed by atoms with Gasteiger partial charge in [-0.05, 0) is 30.7 Å². The molecule has 2 aromatic heterocycles. The van der Waals surface area contributed by atoms with Gasteiger partial charge in [0.05, 0.1) is 11.2 Å². The molecule has 0 aliphatic heterocycles. The average molecular weight is 269 g/mol. The molecule has 2 aromatic rings. The van der Waals surface area contributed by atoms with E-state index >= 15 is 0 Å². The molecule has 0 aliphatic carbocycles. The summed E-state index contributed by atoms with van der Waals surface area (Å²) in [5.74, 6) is 0. The number of halogens is 1. The minimum absolute atomic E-state index is 0.231. The third kappa shape index (κ3) is 3.68. The zero-order chi connectivity index (χ0) is 12.1. The first kappa shape index (κ1) is 12.3. The molecular weight excluding hydrogens is 256 g/mol. The van der Waals surface area contributed by atoms with Crippen molar-refractivity contribution in [3.8, 4) is 0 Å². The molecule has 0 spiro atoms. The Balaban J connectivity index is 1.82. The fourth-order valence-electron chi connectivity index (χ4n) is 1.62. The zero-order valence-corrected chi connectivity index (χ0v) is 10.9. The third-order valence-corrected chi connectivity index (χ3v) is 3.61. The Morgan fingerprint density at radius 3 is 3.06 bits per heavy atom. The molecule has 2 heterocycles. The maximum atomic E-state index is 11.4. The van der Waals surface area contributed by atoms with Crippen molar-refractivity contribution in [2.45, 2.75) is 25.8 Å². The van der Waals surface area contributed by atoms with Crippen LogP contribution in [0.15, 0.2) is 34.7 Å². The summed E-state index contributed by atoms with van der Waals surface area (Å²) in [6.07, 6.45) is 6.12. The summed E-state index contributed by atoms with van der Waals surface area (Å²) in [5, 5.41) is 2.59. The first-order valence-electron chi connectivity index (χ1n) is 5.50. The first-order valence-corrected chi connectivity index (χ1v) is 6.76. The van der Waals surface area contributed by atoms with Crippen molar-refractivity contribution >= 4 is 22.9 Å². The Morgan fingerprint density at radius 2 is 2.29 bits per heavy atom. The van der Waals surface area contributed by atoms with Crippen LogP contribution in [-0.4, -0.2) is 9.55 Å². The van der Waals surface area contributed by atoms with Crippen LogP contribution in [0.5, 0.6) is 0 Å². The fourth-order valence-corrected chi connectivity index (χ4v) is 2.54. The van der Waals surface area contributed by atoms with Crippen LogP contribution in [0.2, 0.25) is 5.02 Å². The summed E-state index contributed by atoms with van der Waals surface area (Å²) in [5.41, 5.74) is -0.231. The second kappa shape index (κ2) is 5.98. The number of hydrogen-bond acceptors (Lipinski definition) is 3. The summed E-state index contributed by atoms with van der Waals surface area (Å²) >= 11 is 7.56. The predicted molar refractivity (Wildman–Crippen MR) is 70.8 cm³/mol. The number of aryl methyl sites for hydroxylation is 2. The van der Waals surface area contributed by atoms with Crippen molar-refractivity contribution < 1.29 is 0 Å². The van der Waals surface area contributed by atoms with E-state index in [-0.39, 0.29) is 5.69 Å². The lowest BCUT2D eigenvalue weighted by Gasteiger charge is -2.04. The number of unbranched alkanes of at least 4 members (excludes halogenated alkanes) is 1. The van der Waals surface area contributed by atoms with Gasteiger partial charge in [0.1, 0.15) is 0 Å². The van der Waals surface area contributed by atoms with Gasteiger partial charge in [0.15, 0.2) is 0 Å². The van der Waals surface area contributed by atoms with Gasteiger partial charge in [0.25, 0.3) is 0 Å². The molecule has 0 saturated heterocycles. The average Bonchev–Trinajstić information content (AvgIpc) is 2.82. The van der Waals surface area contributed by atoms with Crippen molar-refractivity contribution in [2.24, 2.45) is 0 Å². The standard InChI is InChI=1S/C12H13ClN2OS/c13-10-8-14-12(16)15(9-10)6-2-1-4-11-5-3-7-17-11/h3,5,7-9H,1-2,4,6H2. The molecule has 0 saturated carbocycles. The molecule has 0 aliphatic rings. The summed E-state index contributed by atoms with van der Waals surface area (Å²) in [6.45, 7) is 0.678. The number of thiophene rings is 1. The van der Waals surface area contributed by atoms with Crippen LogP contribution in [0.4, 0.5) is 0 Å². The third-order valence-electron chi connectivity index (χ3n) is 2.48. The number of nitrogens with zero attached hydrogens (tertiary/aromatic N) is 2. The number of hydrogen-bond donors (Lipinski definition) is 0. The Bertz CT molecular complexity index is 522. The SMILES string of the molecule is O=c1ncc(Cl)cn1CCCCc1cccs1. The van der Waals surface area contributed by atoms with Crippen LogP contribution in [-0.2, 0) is 13.0 Å². The van der Waals surface area contributed by atoms with Crippen molar-refractivity contribution in [1.29, 1.82) is 0 Å². The van der Waals surface area contributed by atoms with E-state index < -0.39 is 0 Å². The van der Waals surface area contributed by atoms with E-state index in [9.17, 15) is 4.79 Å². The normalized spacial score (nSPS) is 10.6. The molecule has 0 bridgehead atoms. The van der Waals surface area contributed by atoms with Crippen LogP contribution in [0.25, 0.3) is 0 Å². The number of aromatic nitrogens is 2. The molecule has 5 heteroatoms. The molecular formula is C12H13ClN2OS. The van der Waals surface area contributed by atoms with Crippen LogP contribution in [0, 0.1) is 0 Å². The lowest BCUT2D eigenvalue weighted by Crippen LogP contribution is -2.21. The van der Waals surface area contributed by atoms with Crippen molar-refractivity contribution in [2.75, 3.05) is 0 Å². The predicted octanol–water partition coefficient (Wildman–Crippen LogP) is 2.98. The molecule has 0 N–H and O–H groups in total. The summed E-state index contributed by atoms with van der Waals surface area (Å²) < 4.78 is 1.57. The maximum Gasteiger partial charge on any atom is 0.347 e. The van der Waals surface area contributed by atoms with Gasteiger partial charge >= 0.3 is 5.69 Å². The molecule has 90 valence electrons. The highest BCUT2D eigenvalue weighted by atomic mass is 35.5. The summed E-state index contributed by atoms with van der Waals surface area (Å²) in [4.78, 5) is 16.5. The molecule has 3 nitrogen and oxygen atoms in total. The Hall–Kier alpha value is -1.13. The van der Waals surface area contributed by atoms with Gasteiger partial charge in [0, 0.05) is 17.6 Å². The minimum Gasteiger partial charge on any atom is -0.298 e. The van der Waals surface area contributed by atoms with E-state index in [1.54, 1.807) is 22.1 Å². The van der Waals surface area contributed by atoms with E-state index in [1.807, 2.05) is 0 Å². The van der Waals surface area contributed by atoms with Crippen molar-refractivity contribution in [3.05, 3.63) is 50.3 Å². The smallest absolute Gasteiger partial charge is 0.298 e. The number of rotatable bonds is 5. The molecule has 0 fully saturated rings. The molecule has 0 aromatic carbocycles. The van der Waals surface area contributed by atoms with E-state index in [2.05, 4.69) is 22.5 Å². The highest BCUT2D eigenvalue weighted by Gasteiger charge is 1.99. The topological polar surface area (TPSA) is 34.9 Å². The van der Waals surface area contributed by atoms with E-state index in [0.29, 0.717) is 11.6 Å². The van der Waals surface area contributed by atoms with Gasteiger partial charge in [-0.25, -0.2) is 9.78 Å². The molecule has 0 radical (unpaired) electrons. The van der Waals surface area contributed by atoms with Gasteiger partial charge in [0.2, 0.25) is 0 Å². The van der Waals surface area contributed by atoms with E-state index in [4.69, 9.17) is 11.6 Å². The summed E-state index contributed by atoms with van der Waals surface area (Å²) in [7, 11) is 0. The van der Waals surface area contributed by atoms with Crippen molar-refractivity contribution in [1.82, 2.24) is 9.55 Å². The Morgan fingerprint density at radius 1 is 1.41 bits per heavy atom. The molecule has 17 heavy (non-hydrogen) atoms. The molecule has 0 atom stereocenters. The minimum atomic E-state index is -0.231. The highest BCUT2D eigenvalue weighted by molar-refractivity contribution is 7.09. The summed E-state index contributed by atoms with van der Waals surface area (Å²) in [6, 6.07) is 4.20. The quantitative estimate of drug-likeness (QED) is 0.782. The lowest BCUT2D eigenvalue weighted by molar-refractivity contribution is 0.583. The van der Waals surface area contributed by atoms with Crippen LogP contribution in [0.3, 0.4) is 0 Å². The highest BCUT2D eigenvalue weighted by Crippen LogP contribution is 2.12. The molecule has 0 amide bonds. The Labute approximate surface area is 109 Å². The van der Waals surface area contributed by atoms with Gasteiger partial charge in [-0.1, -0.05) is 17.7 Å².